The van der Waals surface area contributed by atoms with Gasteiger partial charge in [0.25, 0.3) is 0 Å². The minimum atomic E-state index is 0.296. The van der Waals surface area contributed by atoms with Crippen LogP contribution < -0.4 is 10.6 Å². The molecule has 0 fully saturated rings. The highest BCUT2D eigenvalue weighted by atomic mass is 32.2. The monoisotopic (exact) mass is 404 g/mol. The highest BCUT2D eigenvalue weighted by Gasteiger charge is 2.08. The van der Waals surface area contributed by atoms with E-state index >= 15 is 0 Å². The van der Waals surface area contributed by atoms with Gasteiger partial charge >= 0.3 is 0 Å². The molecule has 3 rings (SSSR count). The molecule has 0 saturated heterocycles. The number of hydrogen-bond acceptors (Lipinski definition) is 5. The van der Waals surface area contributed by atoms with E-state index < -0.39 is 0 Å². The van der Waals surface area contributed by atoms with Gasteiger partial charge in [-0.05, 0) is 57.0 Å². The Morgan fingerprint density at radius 1 is 1.10 bits per heavy atom. The van der Waals surface area contributed by atoms with E-state index in [2.05, 4.69) is 83.8 Å². The van der Waals surface area contributed by atoms with Crippen molar-refractivity contribution in [3.63, 3.8) is 0 Å². The van der Waals surface area contributed by atoms with E-state index in [0.717, 1.165) is 22.8 Å². The van der Waals surface area contributed by atoms with Crippen LogP contribution in [0.4, 0.5) is 17.5 Å². The summed E-state index contributed by atoms with van der Waals surface area (Å²) in [6, 6.07) is 17.3. The van der Waals surface area contributed by atoms with Gasteiger partial charge in [-0.1, -0.05) is 42.5 Å². The van der Waals surface area contributed by atoms with E-state index in [1.54, 1.807) is 0 Å². The van der Waals surface area contributed by atoms with Crippen molar-refractivity contribution < 1.29 is 0 Å². The van der Waals surface area contributed by atoms with Gasteiger partial charge in [-0.15, -0.1) is 11.8 Å². The Hall–Kier alpha value is -2.79. The van der Waals surface area contributed by atoms with E-state index in [1.807, 2.05) is 43.1 Å². The van der Waals surface area contributed by atoms with Crippen molar-refractivity contribution in [2.24, 2.45) is 0 Å². The molecule has 0 saturated carbocycles. The molecule has 150 valence electrons. The largest absolute Gasteiger partial charge is 0.367 e. The molecule has 2 N–H and O–H groups in total. The zero-order valence-corrected chi connectivity index (χ0v) is 18.3. The number of nitrogens with zero attached hydrogens (tertiary/aromatic N) is 2. The molecular weight excluding hydrogens is 376 g/mol. The van der Waals surface area contributed by atoms with Crippen LogP contribution in [0.3, 0.4) is 0 Å². The predicted molar refractivity (Wildman–Crippen MR) is 126 cm³/mol. The summed E-state index contributed by atoms with van der Waals surface area (Å²) in [7, 11) is 0. The van der Waals surface area contributed by atoms with Crippen molar-refractivity contribution in [1.82, 2.24) is 9.97 Å². The van der Waals surface area contributed by atoms with E-state index in [4.69, 9.17) is 0 Å². The Kier molecular flexibility index (Phi) is 7.30. The summed E-state index contributed by atoms with van der Waals surface area (Å²) in [5.41, 5.74) is 4.50. The second-order valence-electron chi connectivity index (χ2n) is 7.17. The van der Waals surface area contributed by atoms with Gasteiger partial charge in [-0.2, -0.15) is 4.98 Å². The lowest BCUT2D eigenvalue weighted by molar-refractivity contribution is 0.886. The van der Waals surface area contributed by atoms with Gasteiger partial charge < -0.3 is 10.6 Å². The standard InChI is InChI=1S/C24H28N4S/c1-5-9-20-15-25-24(28-23(20)26-17(2)3)27-22-13-12-21(14-18(22)4)29-16-19-10-7-6-8-11-19/h5-15,17H,16H2,1-4H3,(H2,25,26,27,28)/b9-5+. The van der Waals surface area contributed by atoms with E-state index in [1.165, 1.54) is 16.0 Å². The molecule has 4 nitrogen and oxygen atoms in total. The maximum atomic E-state index is 4.68. The van der Waals surface area contributed by atoms with Gasteiger partial charge in [-0.25, -0.2) is 4.98 Å². The Morgan fingerprint density at radius 2 is 1.90 bits per heavy atom. The fourth-order valence-corrected chi connectivity index (χ4v) is 3.82. The molecule has 0 radical (unpaired) electrons. The molecule has 1 heterocycles. The second-order valence-corrected chi connectivity index (χ2v) is 8.22. The molecule has 0 bridgehead atoms. The lowest BCUT2D eigenvalue weighted by Crippen LogP contribution is -2.13. The Morgan fingerprint density at radius 3 is 2.59 bits per heavy atom. The summed E-state index contributed by atoms with van der Waals surface area (Å²) in [6.45, 7) is 8.30. The number of allylic oxidation sites excluding steroid dienone is 1. The smallest absolute Gasteiger partial charge is 0.229 e. The number of anilines is 3. The highest BCUT2D eigenvalue weighted by molar-refractivity contribution is 7.98. The average molecular weight is 405 g/mol. The van der Waals surface area contributed by atoms with Gasteiger partial charge in [0.15, 0.2) is 0 Å². The van der Waals surface area contributed by atoms with Crippen molar-refractivity contribution in [3.8, 4) is 0 Å². The molecule has 29 heavy (non-hydrogen) atoms. The van der Waals surface area contributed by atoms with Gasteiger partial charge in [0.05, 0.1) is 0 Å². The number of thioether (sulfide) groups is 1. The molecule has 5 heteroatoms. The predicted octanol–water partition coefficient (Wildman–Crippen LogP) is 6.67. The molecule has 0 aliphatic heterocycles. The van der Waals surface area contributed by atoms with Gasteiger partial charge in [0.1, 0.15) is 5.82 Å². The lowest BCUT2D eigenvalue weighted by atomic mass is 10.2. The van der Waals surface area contributed by atoms with Crippen LogP contribution in [0.2, 0.25) is 0 Å². The first-order chi connectivity index (χ1) is 14.0. The number of benzene rings is 2. The van der Waals surface area contributed by atoms with Crippen LogP contribution >= 0.6 is 11.8 Å². The Balaban J connectivity index is 1.72. The first-order valence-electron chi connectivity index (χ1n) is 9.86. The van der Waals surface area contributed by atoms with Gasteiger partial charge in [0.2, 0.25) is 5.95 Å². The molecule has 0 amide bonds. The van der Waals surface area contributed by atoms with Crippen LogP contribution in [-0.2, 0) is 5.75 Å². The summed E-state index contributed by atoms with van der Waals surface area (Å²) in [5, 5.41) is 6.76. The summed E-state index contributed by atoms with van der Waals surface area (Å²) in [4.78, 5) is 10.4. The van der Waals surface area contributed by atoms with Crippen LogP contribution in [0.5, 0.6) is 0 Å². The first-order valence-corrected chi connectivity index (χ1v) is 10.8. The quantitative estimate of drug-likeness (QED) is 0.410. The van der Waals surface area contributed by atoms with Crippen LogP contribution in [0.25, 0.3) is 6.08 Å². The van der Waals surface area contributed by atoms with E-state index in [0.29, 0.717) is 12.0 Å². The molecule has 0 atom stereocenters. The summed E-state index contributed by atoms with van der Waals surface area (Å²) >= 11 is 1.84. The first kappa shape index (κ1) is 20.9. The molecule has 0 aliphatic rings. The van der Waals surface area contributed by atoms with Crippen LogP contribution in [0, 0.1) is 6.92 Å². The zero-order chi connectivity index (χ0) is 20.6. The van der Waals surface area contributed by atoms with E-state index in [-0.39, 0.29) is 0 Å². The maximum Gasteiger partial charge on any atom is 0.229 e. The van der Waals surface area contributed by atoms with Crippen molar-refractivity contribution >= 4 is 35.3 Å². The summed E-state index contributed by atoms with van der Waals surface area (Å²) in [5.74, 6) is 2.39. The number of nitrogens with one attached hydrogen (secondary N) is 2. The van der Waals surface area contributed by atoms with Crippen LogP contribution in [0.1, 0.15) is 37.5 Å². The van der Waals surface area contributed by atoms with Gasteiger partial charge in [0, 0.05) is 34.1 Å². The molecule has 0 unspecified atom stereocenters. The molecule has 2 aromatic carbocycles. The molecule has 0 spiro atoms. The van der Waals surface area contributed by atoms with Gasteiger partial charge in [-0.3, -0.25) is 0 Å². The fraction of sp³-hybridized carbons (Fsp3) is 0.250. The second kappa shape index (κ2) is 10.1. The molecule has 0 aliphatic carbocycles. The molecule has 1 aromatic heterocycles. The van der Waals surface area contributed by atoms with E-state index in [9.17, 15) is 0 Å². The summed E-state index contributed by atoms with van der Waals surface area (Å²) < 4.78 is 0. The molecule has 3 aromatic rings. The molecular formula is C24H28N4S. The number of aryl methyl sites for hydroxylation is 1. The van der Waals surface area contributed by atoms with Crippen molar-refractivity contribution in [2.45, 2.75) is 44.4 Å². The van der Waals surface area contributed by atoms with Crippen LogP contribution in [0.15, 0.2) is 65.7 Å². The minimum absolute atomic E-state index is 0.296. The number of rotatable bonds is 8. The van der Waals surface area contributed by atoms with Crippen molar-refractivity contribution in [2.75, 3.05) is 10.6 Å². The fourth-order valence-electron chi connectivity index (χ4n) is 2.87. The number of hydrogen-bond donors (Lipinski definition) is 2. The number of aromatic nitrogens is 2. The highest BCUT2D eigenvalue weighted by Crippen LogP contribution is 2.28. The van der Waals surface area contributed by atoms with Crippen molar-refractivity contribution in [3.05, 3.63) is 77.5 Å². The summed E-state index contributed by atoms with van der Waals surface area (Å²) in [6.07, 6.45) is 5.85. The average Bonchev–Trinajstić information content (AvgIpc) is 2.71. The normalized spacial score (nSPS) is 11.2. The third kappa shape index (κ3) is 6.09. The minimum Gasteiger partial charge on any atom is -0.367 e. The third-order valence-corrected chi connectivity index (χ3v) is 5.35. The van der Waals surface area contributed by atoms with Crippen LogP contribution in [-0.4, -0.2) is 16.0 Å². The van der Waals surface area contributed by atoms with Crippen molar-refractivity contribution in [1.29, 1.82) is 0 Å². The topological polar surface area (TPSA) is 49.8 Å². The zero-order valence-electron chi connectivity index (χ0n) is 17.4. The Bertz CT molecular complexity index is 968. The maximum absolute atomic E-state index is 4.68. The lowest BCUT2D eigenvalue weighted by Gasteiger charge is -2.14. The Labute approximate surface area is 177 Å². The SMILES string of the molecule is C/C=C/c1cnc(Nc2ccc(SCc3ccccc3)cc2C)nc1NC(C)C. The third-order valence-electron chi connectivity index (χ3n) is 4.28.